The van der Waals surface area contributed by atoms with Crippen LogP contribution in [-0.2, 0) is 9.84 Å². The fraction of sp³-hybridized carbons (Fsp3) is 0.417. The van der Waals surface area contributed by atoms with E-state index in [1.807, 2.05) is 0 Å². The van der Waals surface area contributed by atoms with E-state index in [2.05, 4.69) is 0 Å². The van der Waals surface area contributed by atoms with Gasteiger partial charge in [-0.05, 0) is 24.6 Å². The average molecular weight is 288 g/mol. The van der Waals surface area contributed by atoms with Crippen LogP contribution in [0.25, 0.3) is 0 Å². The van der Waals surface area contributed by atoms with Gasteiger partial charge in [0.05, 0.1) is 12.4 Å². The van der Waals surface area contributed by atoms with Crippen LogP contribution < -0.4 is 10.5 Å². The van der Waals surface area contributed by atoms with Gasteiger partial charge in [0.1, 0.15) is 15.7 Å². The van der Waals surface area contributed by atoms with Crippen molar-refractivity contribution in [2.75, 3.05) is 18.1 Å². The minimum atomic E-state index is -3.02. The van der Waals surface area contributed by atoms with Gasteiger partial charge in [0, 0.05) is 11.3 Å². The smallest absolute Gasteiger partial charge is 0.165 e. The molecule has 0 saturated carbocycles. The summed E-state index contributed by atoms with van der Waals surface area (Å²) in [4.78, 5) is 0. The number of rotatable bonds is 7. The van der Waals surface area contributed by atoms with Gasteiger partial charge in [-0.1, -0.05) is 6.92 Å². The number of benzene rings is 1. The highest BCUT2D eigenvalue weighted by Gasteiger charge is 2.09. The van der Waals surface area contributed by atoms with Crippen molar-refractivity contribution in [2.24, 2.45) is 5.73 Å². The number of hydrogen-bond acceptors (Lipinski definition) is 4. The third-order valence-corrected chi connectivity index (χ3v) is 4.33. The topological polar surface area (TPSA) is 93.2 Å². The Morgan fingerprint density at radius 1 is 1.47 bits per heavy atom. The van der Waals surface area contributed by atoms with Gasteiger partial charge in [0.25, 0.3) is 0 Å². The summed E-state index contributed by atoms with van der Waals surface area (Å²) in [5.74, 6) is -0.699. The molecule has 0 aromatic heterocycles. The summed E-state index contributed by atoms with van der Waals surface area (Å²) in [6, 6.07) is 3.96. The molecule has 0 spiro atoms. The van der Waals surface area contributed by atoms with Crippen LogP contribution in [0.5, 0.6) is 5.75 Å². The molecule has 0 amide bonds. The molecule has 0 aliphatic carbocycles. The molecular weight excluding hydrogens is 271 g/mol. The Hall–Kier alpha value is -1.63. The third kappa shape index (κ3) is 4.86. The summed E-state index contributed by atoms with van der Waals surface area (Å²) >= 11 is 0. The van der Waals surface area contributed by atoms with E-state index >= 15 is 0 Å². The van der Waals surface area contributed by atoms with Crippen LogP contribution in [0.2, 0.25) is 0 Å². The lowest BCUT2D eigenvalue weighted by Gasteiger charge is -2.08. The van der Waals surface area contributed by atoms with Gasteiger partial charge in [-0.15, -0.1) is 0 Å². The fourth-order valence-corrected chi connectivity index (χ4v) is 2.24. The molecular formula is C12H17FN2O3S. The number of amidine groups is 1. The first kappa shape index (κ1) is 15.4. The first-order chi connectivity index (χ1) is 8.85. The molecule has 3 N–H and O–H groups in total. The van der Waals surface area contributed by atoms with Crippen LogP contribution in [0, 0.1) is 11.2 Å². The summed E-state index contributed by atoms with van der Waals surface area (Å²) in [7, 11) is -3.02. The van der Waals surface area contributed by atoms with Crippen molar-refractivity contribution < 1.29 is 17.5 Å². The molecule has 106 valence electrons. The van der Waals surface area contributed by atoms with Crippen molar-refractivity contribution in [1.82, 2.24) is 0 Å². The zero-order valence-electron chi connectivity index (χ0n) is 10.6. The van der Waals surface area contributed by atoms with Gasteiger partial charge in [-0.3, -0.25) is 5.41 Å². The quantitative estimate of drug-likeness (QED) is 0.449. The number of halogens is 1. The van der Waals surface area contributed by atoms with E-state index in [0.717, 1.165) is 6.07 Å². The Bertz CT molecular complexity index is 558. The summed E-state index contributed by atoms with van der Waals surface area (Å²) in [6.07, 6.45) is 0.310. The Balaban J connectivity index is 2.53. The molecule has 0 fully saturated rings. The molecule has 0 saturated heterocycles. The lowest BCUT2D eigenvalue weighted by Crippen LogP contribution is -2.13. The van der Waals surface area contributed by atoms with Crippen LogP contribution >= 0.6 is 0 Å². The zero-order valence-corrected chi connectivity index (χ0v) is 11.5. The molecule has 0 aliphatic heterocycles. The van der Waals surface area contributed by atoms with E-state index in [-0.39, 0.29) is 35.3 Å². The van der Waals surface area contributed by atoms with Crippen LogP contribution in [0.1, 0.15) is 18.9 Å². The summed E-state index contributed by atoms with van der Waals surface area (Å²) < 4.78 is 41.2. The second-order valence-corrected chi connectivity index (χ2v) is 6.47. The van der Waals surface area contributed by atoms with Crippen LogP contribution in [0.3, 0.4) is 0 Å². The molecule has 1 aromatic rings. The van der Waals surface area contributed by atoms with Crippen LogP contribution in [0.4, 0.5) is 4.39 Å². The molecule has 0 atom stereocenters. The van der Waals surface area contributed by atoms with Gasteiger partial charge in [0.15, 0.2) is 11.6 Å². The molecule has 19 heavy (non-hydrogen) atoms. The Morgan fingerprint density at radius 2 is 2.16 bits per heavy atom. The first-order valence-electron chi connectivity index (χ1n) is 5.83. The molecule has 0 heterocycles. The second-order valence-electron chi connectivity index (χ2n) is 4.00. The standard InChI is InChI=1S/C12H17FN2O3S/c1-2-19(16,17)7-3-6-18-11-5-4-9(12(14)15)8-10(11)13/h4-5,8H,2-3,6-7H2,1H3,(H3,14,15). The van der Waals surface area contributed by atoms with Gasteiger partial charge in [-0.25, -0.2) is 12.8 Å². The zero-order chi connectivity index (χ0) is 14.5. The van der Waals surface area contributed by atoms with E-state index in [1.54, 1.807) is 6.92 Å². The van der Waals surface area contributed by atoms with Crippen molar-refractivity contribution >= 4 is 15.7 Å². The van der Waals surface area contributed by atoms with E-state index < -0.39 is 15.7 Å². The second kappa shape index (κ2) is 6.51. The first-order valence-corrected chi connectivity index (χ1v) is 7.65. The maximum Gasteiger partial charge on any atom is 0.165 e. The Kier molecular flexibility index (Phi) is 5.29. The highest BCUT2D eigenvalue weighted by molar-refractivity contribution is 7.91. The highest BCUT2D eigenvalue weighted by atomic mass is 32.2. The van der Waals surface area contributed by atoms with Gasteiger partial charge in [-0.2, -0.15) is 0 Å². The van der Waals surface area contributed by atoms with Crippen LogP contribution in [0.15, 0.2) is 18.2 Å². The number of ether oxygens (including phenoxy) is 1. The van der Waals surface area contributed by atoms with Crippen molar-refractivity contribution in [2.45, 2.75) is 13.3 Å². The van der Waals surface area contributed by atoms with E-state index in [1.165, 1.54) is 12.1 Å². The van der Waals surface area contributed by atoms with Crippen molar-refractivity contribution in [3.8, 4) is 5.75 Å². The lowest BCUT2D eigenvalue weighted by atomic mass is 10.2. The maximum absolute atomic E-state index is 13.5. The molecule has 0 radical (unpaired) electrons. The number of hydrogen-bond donors (Lipinski definition) is 2. The predicted molar refractivity (Wildman–Crippen MR) is 71.9 cm³/mol. The monoisotopic (exact) mass is 288 g/mol. The van der Waals surface area contributed by atoms with Gasteiger partial charge >= 0.3 is 0 Å². The minimum Gasteiger partial charge on any atom is -0.490 e. The fourth-order valence-electron chi connectivity index (χ4n) is 1.39. The Morgan fingerprint density at radius 3 is 2.68 bits per heavy atom. The molecule has 0 unspecified atom stereocenters. The predicted octanol–water partition coefficient (Wildman–Crippen LogP) is 1.31. The lowest BCUT2D eigenvalue weighted by molar-refractivity contribution is 0.301. The van der Waals surface area contributed by atoms with Crippen molar-refractivity contribution in [1.29, 1.82) is 5.41 Å². The summed E-state index contributed by atoms with van der Waals surface area (Å²) in [5, 5.41) is 7.16. The average Bonchev–Trinajstić information content (AvgIpc) is 2.36. The minimum absolute atomic E-state index is 0.0245. The van der Waals surface area contributed by atoms with Crippen LogP contribution in [-0.4, -0.2) is 32.4 Å². The van der Waals surface area contributed by atoms with Crippen molar-refractivity contribution in [3.63, 3.8) is 0 Å². The van der Waals surface area contributed by atoms with Crippen molar-refractivity contribution in [3.05, 3.63) is 29.6 Å². The molecule has 0 aliphatic rings. The number of nitrogens with two attached hydrogens (primary N) is 1. The third-order valence-electron chi connectivity index (χ3n) is 2.54. The summed E-state index contributed by atoms with van der Waals surface area (Å²) in [5.41, 5.74) is 5.50. The molecule has 0 bridgehead atoms. The highest BCUT2D eigenvalue weighted by Crippen LogP contribution is 2.18. The number of nitrogens with one attached hydrogen (secondary N) is 1. The molecule has 1 aromatic carbocycles. The summed E-state index contributed by atoms with van der Waals surface area (Å²) in [6.45, 7) is 1.70. The van der Waals surface area contributed by atoms with Gasteiger partial charge in [0.2, 0.25) is 0 Å². The van der Waals surface area contributed by atoms with E-state index in [9.17, 15) is 12.8 Å². The van der Waals surface area contributed by atoms with E-state index in [0.29, 0.717) is 6.42 Å². The van der Waals surface area contributed by atoms with E-state index in [4.69, 9.17) is 15.9 Å². The van der Waals surface area contributed by atoms with Gasteiger partial charge < -0.3 is 10.5 Å². The molecule has 7 heteroatoms. The molecule has 5 nitrogen and oxygen atoms in total. The number of sulfone groups is 1. The SMILES string of the molecule is CCS(=O)(=O)CCCOc1ccc(C(=N)N)cc1F. The Labute approximate surface area is 112 Å². The number of nitrogen functional groups attached to an aromatic ring is 1. The largest absolute Gasteiger partial charge is 0.490 e. The normalized spacial score (nSPS) is 11.3. The maximum atomic E-state index is 13.5. The molecule has 1 rings (SSSR count).